The van der Waals surface area contributed by atoms with Crippen molar-refractivity contribution >= 4 is 0 Å². The van der Waals surface area contributed by atoms with Crippen LogP contribution in [0.1, 0.15) is 68.8 Å². The predicted molar refractivity (Wildman–Crippen MR) is 95.1 cm³/mol. The summed E-state index contributed by atoms with van der Waals surface area (Å²) in [6, 6.07) is 0.371. The Morgan fingerprint density at radius 1 is 1.25 bits per heavy atom. The molecule has 0 spiro atoms. The van der Waals surface area contributed by atoms with Crippen molar-refractivity contribution in [1.82, 2.24) is 20.0 Å². The Balaban J connectivity index is 1.49. The normalized spacial score (nSPS) is 31.9. The molecule has 0 radical (unpaired) electrons. The van der Waals surface area contributed by atoms with E-state index in [-0.39, 0.29) is 0 Å². The van der Waals surface area contributed by atoms with E-state index in [1.54, 1.807) is 0 Å². The Morgan fingerprint density at radius 2 is 2.08 bits per heavy atom. The largest absolute Gasteiger partial charge is 0.387 e. The molecule has 1 aromatic rings. The maximum Gasteiger partial charge on any atom is 0.0928 e. The van der Waals surface area contributed by atoms with Crippen molar-refractivity contribution in [3.8, 4) is 0 Å². The van der Waals surface area contributed by atoms with E-state index in [0.29, 0.717) is 12.0 Å². The second-order valence-corrected chi connectivity index (χ2v) is 8.44. The van der Waals surface area contributed by atoms with Crippen LogP contribution in [0.5, 0.6) is 0 Å². The summed E-state index contributed by atoms with van der Waals surface area (Å²) in [6.45, 7) is 9.56. The van der Waals surface area contributed by atoms with E-state index in [1.165, 1.54) is 49.3 Å². The van der Waals surface area contributed by atoms with Gasteiger partial charge in [-0.3, -0.25) is 14.9 Å². The Labute approximate surface area is 145 Å². The molecule has 0 saturated carbocycles. The fourth-order valence-electron chi connectivity index (χ4n) is 5.18. The van der Waals surface area contributed by atoms with Gasteiger partial charge in [-0.25, -0.2) is 0 Å². The van der Waals surface area contributed by atoms with E-state index in [4.69, 9.17) is 0 Å². The molecule has 2 N–H and O–H groups in total. The second kappa shape index (κ2) is 6.43. The number of rotatable bonds is 3. The summed E-state index contributed by atoms with van der Waals surface area (Å²) in [4.78, 5) is 5.03. The summed E-state index contributed by atoms with van der Waals surface area (Å²) in [5.41, 5.74) is 3.38. The number of nitrogens with zero attached hydrogens (tertiary/aromatic N) is 3. The number of hydrogen-bond acceptors (Lipinski definition) is 4. The molecule has 5 heteroatoms. The summed E-state index contributed by atoms with van der Waals surface area (Å²) < 4.78 is 0. The van der Waals surface area contributed by atoms with Gasteiger partial charge in [-0.1, -0.05) is 20.3 Å². The van der Waals surface area contributed by atoms with Crippen molar-refractivity contribution in [3.05, 3.63) is 17.0 Å². The van der Waals surface area contributed by atoms with E-state index in [9.17, 15) is 5.11 Å². The van der Waals surface area contributed by atoms with Gasteiger partial charge in [0.25, 0.3) is 0 Å². The minimum absolute atomic E-state index is 0.371. The van der Waals surface area contributed by atoms with Crippen LogP contribution in [0.25, 0.3) is 0 Å². The lowest BCUT2D eigenvalue weighted by Crippen LogP contribution is -2.62. The number of aromatic amines is 1. The highest BCUT2D eigenvalue weighted by Crippen LogP contribution is 2.36. The van der Waals surface area contributed by atoms with Gasteiger partial charge in [0, 0.05) is 43.4 Å². The summed E-state index contributed by atoms with van der Waals surface area (Å²) >= 11 is 0. The maximum absolute atomic E-state index is 11.5. The van der Waals surface area contributed by atoms with E-state index >= 15 is 0 Å². The molecule has 1 aromatic heterocycles. The first-order chi connectivity index (χ1) is 11.6. The molecule has 2 saturated heterocycles. The van der Waals surface area contributed by atoms with Gasteiger partial charge in [0.1, 0.15) is 0 Å². The molecule has 0 bridgehead atoms. The maximum atomic E-state index is 11.5. The topological polar surface area (TPSA) is 55.4 Å². The van der Waals surface area contributed by atoms with E-state index in [1.807, 2.05) is 0 Å². The van der Waals surface area contributed by atoms with Gasteiger partial charge in [-0.15, -0.1) is 0 Å². The van der Waals surface area contributed by atoms with Crippen molar-refractivity contribution in [2.45, 2.75) is 76.5 Å². The zero-order chi connectivity index (χ0) is 16.7. The first kappa shape index (κ1) is 16.6. The molecule has 3 aliphatic rings. The fourth-order valence-corrected chi connectivity index (χ4v) is 5.18. The predicted octanol–water partition coefficient (Wildman–Crippen LogP) is 2.27. The summed E-state index contributed by atoms with van der Waals surface area (Å²) in [7, 11) is 0. The molecular weight excluding hydrogens is 300 g/mol. The zero-order valence-corrected chi connectivity index (χ0v) is 15.2. The van der Waals surface area contributed by atoms with Crippen molar-refractivity contribution < 1.29 is 5.11 Å². The molecule has 5 nitrogen and oxygen atoms in total. The number of hydrogen-bond donors (Lipinski definition) is 2. The highest BCUT2D eigenvalue weighted by atomic mass is 16.3. The third kappa shape index (κ3) is 2.91. The van der Waals surface area contributed by atoms with Crippen molar-refractivity contribution in [3.63, 3.8) is 0 Å². The van der Waals surface area contributed by atoms with Gasteiger partial charge in [-0.2, -0.15) is 5.10 Å². The Morgan fingerprint density at radius 3 is 2.92 bits per heavy atom. The number of H-pyrrole nitrogens is 1. The van der Waals surface area contributed by atoms with Crippen molar-refractivity contribution in [2.75, 3.05) is 26.2 Å². The molecule has 134 valence electrons. The zero-order valence-electron chi connectivity index (χ0n) is 15.2. The quantitative estimate of drug-likeness (QED) is 0.891. The highest BCUT2D eigenvalue weighted by molar-refractivity contribution is 5.29. The number of β-amino-alcohol motifs (C(OH)–C–C–N with tert-alkyl or cyclic N) is 1. The number of aromatic nitrogens is 2. The smallest absolute Gasteiger partial charge is 0.0928 e. The number of aliphatic hydroxyl groups is 1. The van der Waals surface area contributed by atoms with E-state index < -0.39 is 5.60 Å². The highest BCUT2D eigenvalue weighted by Gasteiger charge is 2.45. The van der Waals surface area contributed by atoms with Gasteiger partial charge in [0.05, 0.1) is 11.3 Å². The van der Waals surface area contributed by atoms with Crippen LogP contribution in [0, 0.1) is 0 Å². The van der Waals surface area contributed by atoms with Gasteiger partial charge in [0.2, 0.25) is 0 Å². The minimum atomic E-state index is -0.530. The molecular formula is C19H32N4O. The molecule has 0 aliphatic carbocycles. The van der Waals surface area contributed by atoms with Gasteiger partial charge in [0.15, 0.2) is 0 Å². The molecule has 3 aliphatic heterocycles. The van der Waals surface area contributed by atoms with Crippen LogP contribution in [-0.2, 0) is 13.0 Å². The lowest BCUT2D eigenvalue weighted by molar-refractivity contribution is -0.110. The Bertz CT molecular complexity index is 582. The lowest BCUT2D eigenvalue weighted by Gasteiger charge is -2.51. The van der Waals surface area contributed by atoms with Crippen LogP contribution >= 0.6 is 0 Å². The molecule has 24 heavy (non-hydrogen) atoms. The Kier molecular flexibility index (Phi) is 4.43. The molecule has 2 atom stereocenters. The SMILES string of the molecule is CC(C)c1n[nH]c2c1CN(C[C@]1(O)CCCN3CCCC[C@@H]31)CC2. The monoisotopic (exact) mass is 332 g/mol. The van der Waals surface area contributed by atoms with Crippen LogP contribution < -0.4 is 0 Å². The molecule has 0 aromatic carbocycles. The van der Waals surface area contributed by atoms with E-state index in [2.05, 4.69) is 33.8 Å². The van der Waals surface area contributed by atoms with Crippen LogP contribution in [-0.4, -0.2) is 62.9 Å². The average molecular weight is 332 g/mol. The number of fused-ring (bicyclic) bond motifs is 2. The first-order valence-corrected chi connectivity index (χ1v) is 9.81. The Hall–Kier alpha value is -0.910. The molecule has 0 unspecified atom stereocenters. The first-order valence-electron chi connectivity index (χ1n) is 9.81. The van der Waals surface area contributed by atoms with Gasteiger partial charge in [-0.05, 0) is 44.7 Å². The second-order valence-electron chi connectivity index (χ2n) is 8.44. The summed E-state index contributed by atoms with van der Waals surface area (Å²) in [6.07, 6.45) is 6.85. The lowest BCUT2D eigenvalue weighted by atomic mass is 9.79. The van der Waals surface area contributed by atoms with Crippen molar-refractivity contribution in [1.29, 1.82) is 0 Å². The van der Waals surface area contributed by atoms with Crippen LogP contribution in [0.15, 0.2) is 0 Å². The van der Waals surface area contributed by atoms with E-state index in [0.717, 1.165) is 38.9 Å². The van der Waals surface area contributed by atoms with Crippen LogP contribution in [0.4, 0.5) is 0 Å². The van der Waals surface area contributed by atoms with Gasteiger partial charge < -0.3 is 5.11 Å². The third-order valence-electron chi connectivity index (χ3n) is 6.38. The average Bonchev–Trinajstić information content (AvgIpc) is 2.98. The molecule has 2 fully saturated rings. The minimum Gasteiger partial charge on any atom is -0.387 e. The summed E-state index contributed by atoms with van der Waals surface area (Å²) in [5, 5.41) is 19.3. The van der Waals surface area contributed by atoms with Crippen LogP contribution in [0.2, 0.25) is 0 Å². The fraction of sp³-hybridized carbons (Fsp3) is 0.842. The summed E-state index contributed by atoms with van der Waals surface area (Å²) in [5.74, 6) is 0.455. The van der Waals surface area contributed by atoms with Crippen LogP contribution in [0.3, 0.4) is 0 Å². The molecule has 0 amide bonds. The number of piperidine rings is 2. The van der Waals surface area contributed by atoms with Crippen molar-refractivity contribution in [2.24, 2.45) is 0 Å². The van der Waals surface area contributed by atoms with Gasteiger partial charge >= 0.3 is 0 Å². The third-order valence-corrected chi connectivity index (χ3v) is 6.38. The number of nitrogens with one attached hydrogen (secondary N) is 1. The standard InChI is InChI=1S/C19H32N4O/c1-14(2)18-15-12-22(11-7-16(15)20-21-18)13-19(24)8-5-10-23-9-4-3-6-17(19)23/h14,17,24H,3-13H2,1-2H3,(H,20,21)/t17-,19-/m1/s1. The molecule has 4 rings (SSSR count). The molecule has 4 heterocycles.